The first-order chi connectivity index (χ1) is 7.99. The van der Waals surface area contributed by atoms with Gasteiger partial charge in [-0.05, 0) is 32.4 Å². The minimum Gasteiger partial charge on any atom is -0.316 e. The molecule has 1 aromatic rings. The highest BCUT2D eigenvalue weighted by atomic mass is 35.5. The van der Waals surface area contributed by atoms with Gasteiger partial charge < -0.3 is 5.32 Å². The summed E-state index contributed by atoms with van der Waals surface area (Å²) < 4.78 is 24.1. The van der Waals surface area contributed by atoms with E-state index in [1.54, 1.807) is 6.92 Å². The van der Waals surface area contributed by atoms with Gasteiger partial charge in [-0.15, -0.1) is 0 Å². The topological polar surface area (TPSA) is 72.0 Å². The Hall–Kier alpha value is -0.720. The second-order valence-electron chi connectivity index (χ2n) is 4.27. The molecule has 1 aromatic heterocycles. The van der Waals surface area contributed by atoms with Gasteiger partial charge in [0.25, 0.3) is 0 Å². The van der Waals surface area contributed by atoms with Gasteiger partial charge in [0.15, 0.2) is 0 Å². The molecular formula is C10H14ClN3O2S. The Bertz CT molecular complexity index is 512. The van der Waals surface area contributed by atoms with Crippen molar-refractivity contribution < 1.29 is 8.42 Å². The maximum atomic E-state index is 12.0. The highest BCUT2D eigenvalue weighted by molar-refractivity contribution is 7.91. The van der Waals surface area contributed by atoms with E-state index in [1.807, 2.05) is 0 Å². The average molecular weight is 276 g/mol. The van der Waals surface area contributed by atoms with E-state index in [1.165, 1.54) is 6.20 Å². The minimum atomic E-state index is -3.43. The predicted molar refractivity (Wildman–Crippen MR) is 64.8 cm³/mol. The van der Waals surface area contributed by atoms with Gasteiger partial charge in [-0.3, -0.25) is 0 Å². The SMILES string of the molecule is Cc1cnc(S(=O)(=O)C[C@@H]2CCNC2)nc1Cl. The van der Waals surface area contributed by atoms with E-state index in [-0.39, 0.29) is 22.0 Å². The lowest BCUT2D eigenvalue weighted by molar-refractivity contribution is 0.562. The van der Waals surface area contributed by atoms with Gasteiger partial charge in [0.2, 0.25) is 15.0 Å². The highest BCUT2D eigenvalue weighted by Crippen LogP contribution is 2.17. The third-order valence-corrected chi connectivity index (χ3v) is 4.83. The van der Waals surface area contributed by atoms with Crippen molar-refractivity contribution in [2.24, 2.45) is 5.92 Å². The summed E-state index contributed by atoms with van der Waals surface area (Å²) >= 11 is 5.81. The van der Waals surface area contributed by atoms with Crippen molar-refractivity contribution in [1.29, 1.82) is 0 Å². The zero-order valence-corrected chi connectivity index (χ0v) is 11.1. The van der Waals surface area contributed by atoms with Crippen LogP contribution in [0.25, 0.3) is 0 Å². The van der Waals surface area contributed by atoms with Gasteiger partial charge in [-0.1, -0.05) is 11.6 Å². The molecule has 0 radical (unpaired) electrons. The van der Waals surface area contributed by atoms with Crippen LogP contribution in [0.4, 0.5) is 0 Å². The number of nitrogens with zero attached hydrogens (tertiary/aromatic N) is 2. The molecule has 7 heteroatoms. The summed E-state index contributed by atoms with van der Waals surface area (Å²) in [4.78, 5) is 7.68. The van der Waals surface area contributed by atoms with E-state index in [4.69, 9.17) is 11.6 Å². The van der Waals surface area contributed by atoms with Gasteiger partial charge in [0.1, 0.15) is 5.15 Å². The Morgan fingerprint density at radius 1 is 1.59 bits per heavy atom. The first kappa shape index (κ1) is 12.7. The fourth-order valence-corrected chi connectivity index (χ4v) is 3.47. The maximum Gasteiger partial charge on any atom is 0.248 e. The molecule has 1 aliphatic heterocycles. The number of hydrogen-bond donors (Lipinski definition) is 1. The molecule has 5 nitrogen and oxygen atoms in total. The summed E-state index contributed by atoms with van der Waals surface area (Å²) in [7, 11) is -3.43. The van der Waals surface area contributed by atoms with Crippen LogP contribution in [-0.4, -0.2) is 37.2 Å². The summed E-state index contributed by atoms with van der Waals surface area (Å²) in [6.07, 6.45) is 2.31. The number of halogens is 1. The quantitative estimate of drug-likeness (QED) is 0.653. The molecule has 94 valence electrons. The molecule has 1 aliphatic rings. The normalized spacial score (nSPS) is 20.7. The molecule has 2 heterocycles. The zero-order valence-electron chi connectivity index (χ0n) is 9.48. The third-order valence-electron chi connectivity index (χ3n) is 2.78. The zero-order chi connectivity index (χ0) is 12.5. The first-order valence-corrected chi connectivity index (χ1v) is 7.44. The summed E-state index contributed by atoms with van der Waals surface area (Å²) in [5.74, 6) is 0.225. The van der Waals surface area contributed by atoms with Gasteiger partial charge in [-0.25, -0.2) is 18.4 Å². The Labute approximate surface area is 106 Å². The smallest absolute Gasteiger partial charge is 0.248 e. The molecule has 1 fully saturated rings. The van der Waals surface area contributed by atoms with Crippen molar-refractivity contribution in [3.05, 3.63) is 16.9 Å². The van der Waals surface area contributed by atoms with Crippen molar-refractivity contribution in [2.45, 2.75) is 18.5 Å². The minimum absolute atomic E-state index is 0.0827. The molecule has 0 aromatic carbocycles. The van der Waals surface area contributed by atoms with E-state index < -0.39 is 9.84 Å². The summed E-state index contributed by atoms with van der Waals surface area (Å²) in [6.45, 7) is 3.34. The van der Waals surface area contributed by atoms with Crippen LogP contribution in [0.2, 0.25) is 5.15 Å². The molecule has 1 saturated heterocycles. The summed E-state index contributed by atoms with van der Waals surface area (Å²) in [5, 5.41) is 3.17. The van der Waals surface area contributed by atoms with Crippen LogP contribution in [0.15, 0.2) is 11.4 Å². The molecule has 0 amide bonds. The second-order valence-corrected chi connectivity index (χ2v) is 6.55. The van der Waals surface area contributed by atoms with E-state index in [0.29, 0.717) is 5.56 Å². The Kier molecular flexibility index (Phi) is 3.65. The van der Waals surface area contributed by atoms with Crippen LogP contribution in [0.1, 0.15) is 12.0 Å². The number of aromatic nitrogens is 2. The fraction of sp³-hybridized carbons (Fsp3) is 0.600. The molecule has 0 aliphatic carbocycles. The second kappa shape index (κ2) is 4.88. The Balaban J connectivity index is 2.21. The molecular weight excluding hydrogens is 262 g/mol. The lowest BCUT2D eigenvalue weighted by Gasteiger charge is -2.08. The van der Waals surface area contributed by atoms with Crippen molar-refractivity contribution >= 4 is 21.4 Å². The largest absolute Gasteiger partial charge is 0.316 e. The van der Waals surface area contributed by atoms with Crippen molar-refractivity contribution in [2.75, 3.05) is 18.8 Å². The molecule has 0 bridgehead atoms. The lowest BCUT2D eigenvalue weighted by Crippen LogP contribution is -2.20. The summed E-state index contributed by atoms with van der Waals surface area (Å²) in [6, 6.07) is 0. The van der Waals surface area contributed by atoms with E-state index in [0.717, 1.165) is 19.5 Å². The molecule has 1 atom stereocenters. The van der Waals surface area contributed by atoms with Crippen molar-refractivity contribution in [3.8, 4) is 0 Å². The molecule has 0 spiro atoms. The Morgan fingerprint density at radius 3 is 2.94 bits per heavy atom. The van der Waals surface area contributed by atoms with E-state index in [9.17, 15) is 8.42 Å². The lowest BCUT2D eigenvalue weighted by atomic mass is 10.2. The molecule has 2 rings (SSSR count). The van der Waals surface area contributed by atoms with Gasteiger partial charge in [-0.2, -0.15) is 0 Å². The van der Waals surface area contributed by atoms with Gasteiger partial charge in [0.05, 0.1) is 5.75 Å². The van der Waals surface area contributed by atoms with Crippen LogP contribution in [0.3, 0.4) is 0 Å². The summed E-state index contributed by atoms with van der Waals surface area (Å²) in [5.41, 5.74) is 0.674. The highest BCUT2D eigenvalue weighted by Gasteiger charge is 2.26. The van der Waals surface area contributed by atoms with E-state index >= 15 is 0 Å². The maximum absolute atomic E-state index is 12.0. The van der Waals surface area contributed by atoms with Gasteiger partial charge in [0, 0.05) is 11.8 Å². The molecule has 0 unspecified atom stereocenters. The number of aryl methyl sites for hydroxylation is 1. The monoisotopic (exact) mass is 275 g/mol. The van der Waals surface area contributed by atoms with Crippen molar-refractivity contribution in [3.63, 3.8) is 0 Å². The van der Waals surface area contributed by atoms with Crippen LogP contribution in [-0.2, 0) is 9.84 Å². The van der Waals surface area contributed by atoms with Crippen LogP contribution < -0.4 is 5.32 Å². The van der Waals surface area contributed by atoms with Crippen LogP contribution in [0.5, 0.6) is 0 Å². The number of nitrogens with one attached hydrogen (secondary N) is 1. The fourth-order valence-electron chi connectivity index (χ4n) is 1.80. The van der Waals surface area contributed by atoms with Crippen LogP contribution in [0, 0.1) is 12.8 Å². The number of hydrogen-bond acceptors (Lipinski definition) is 5. The molecule has 0 saturated carbocycles. The van der Waals surface area contributed by atoms with E-state index in [2.05, 4.69) is 15.3 Å². The van der Waals surface area contributed by atoms with Crippen molar-refractivity contribution in [1.82, 2.24) is 15.3 Å². The number of sulfone groups is 1. The van der Waals surface area contributed by atoms with Gasteiger partial charge >= 0.3 is 0 Å². The predicted octanol–water partition coefficient (Wildman–Crippen LogP) is 0.822. The number of rotatable bonds is 3. The standard InChI is InChI=1S/C10H14ClN3O2S/c1-7-4-13-10(14-9(7)11)17(15,16)6-8-2-3-12-5-8/h4,8,12H,2-3,5-6H2,1H3/t8-/m1/s1. The van der Waals surface area contributed by atoms with Crippen LogP contribution >= 0.6 is 11.6 Å². The third kappa shape index (κ3) is 2.94. The molecule has 17 heavy (non-hydrogen) atoms. The molecule has 1 N–H and O–H groups in total. The average Bonchev–Trinajstić information content (AvgIpc) is 2.73. The Morgan fingerprint density at radius 2 is 2.35 bits per heavy atom. The first-order valence-electron chi connectivity index (χ1n) is 5.41.